The zero-order valence-corrected chi connectivity index (χ0v) is 23.9. The summed E-state index contributed by atoms with van der Waals surface area (Å²) in [5.41, 5.74) is 12.8. The van der Waals surface area contributed by atoms with E-state index < -0.39 is 53.8 Å². The Morgan fingerprint density at radius 3 is 2.23 bits per heavy atom. The fourth-order valence-electron chi connectivity index (χ4n) is 4.10. The van der Waals surface area contributed by atoms with E-state index in [-0.39, 0.29) is 25.2 Å². The number of hydrogen-bond donors (Lipinski definition) is 7. The van der Waals surface area contributed by atoms with Crippen LogP contribution in [-0.2, 0) is 30.4 Å². The van der Waals surface area contributed by atoms with E-state index >= 15 is 0 Å². The monoisotopic (exact) mass is 576 g/mol. The van der Waals surface area contributed by atoms with Gasteiger partial charge in [-0.2, -0.15) is 11.8 Å². The van der Waals surface area contributed by atoms with Gasteiger partial charge >= 0.3 is 5.97 Å². The highest BCUT2D eigenvalue weighted by atomic mass is 32.2. The number of hydrogen-bond acceptors (Lipinski definition) is 7. The van der Waals surface area contributed by atoms with E-state index in [2.05, 4.69) is 20.9 Å². The molecule has 0 saturated carbocycles. The fraction of sp³-hybridized carbons (Fsp3) is 0.519. The molecule has 40 heavy (non-hydrogen) atoms. The van der Waals surface area contributed by atoms with Crippen LogP contribution in [0.15, 0.2) is 30.5 Å². The number of H-pyrrole nitrogens is 1. The Morgan fingerprint density at radius 1 is 0.975 bits per heavy atom. The van der Waals surface area contributed by atoms with E-state index in [1.807, 2.05) is 44.4 Å². The lowest BCUT2D eigenvalue weighted by atomic mass is 9.99. The van der Waals surface area contributed by atoms with E-state index in [1.54, 1.807) is 6.20 Å². The number of nitrogens with two attached hydrogens (primary N) is 2. The van der Waals surface area contributed by atoms with Gasteiger partial charge in [-0.25, -0.2) is 4.79 Å². The molecule has 0 aliphatic rings. The summed E-state index contributed by atoms with van der Waals surface area (Å²) in [6, 6.07) is 3.09. The van der Waals surface area contributed by atoms with Gasteiger partial charge in [-0.1, -0.05) is 38.5 Å². The molecular weight excluding hydrogens is 536 g/mol. The van der Waals surface area contributed by atoms with Crippen molar-refractivity contribution in [3.63, 3.8) is 0 Å². The summed E-state index contributed by atoms with van der Waals surface area (Å²) in [4.78, 5) is 65.7. The van der Waals surface area contributed by atoms with Crippen LogP contribution in [0.4, 0.5) is 0 Å². The van der Waals surface area contributed by atoms with Crippen molar-refractivity contribution in [1.29, 1.82) is 0 Å². The van der Waals surface area contributed by atoms with Gasteiger partial charge < -0.3 is 37.5 Å². The lowest BCUT2D eigenvalue weighted by molar-refractivity contribution is -0.142. The maximum atomic E-state index is 13.4. The third kappa shape index (κ3) is 9.56. The predicted molar refractivity (Wildman–Crippen MR) is 154 cm³/mol. The molecule has 2 rings (SSSR count). The highest BCUT2D eigenvalue weighted by Crippen LogP contribution is 2.19. The first kappa shape index (κ1) is 32.6. The average molecular weight is 577 g/mol. The van der Waals surface area contributed by atoms with Crippen molar-refractivity contribution in [2.45, 2.75) is 70.1 Å². The minimum absolute atomic E-state index is 0.0410. The number of fused-ring (bicyclic) bond motifs is 1. The molecule has 4 amide bonds. The van der Waals surface area contributed by atoms with Gasteiger partial charge in [0.2, 0.25) is 23.6 Å². The van der Waals surface area contributed by atoms with E-state index in [9.17, 15) is 29.1 Å². The number of thioether (sulfide) groups is 1. The first-order chi connectivity index (χ1) is 19.0. The molecular formula is C27H40N6O6S. The summed E-state index contributed by atoms with van der Waals surface area (Å²) in [5, 5.41) is 18.3. The van der Waals surface area contributed by atoms with Crippen molar-refractivity contribution in [2.24, 2.45) is 17.4 Å². The summed E-state index contributed by atoms with van der Waals surface area (Å²) >= 11 is 1.49. The smallest absolute Gasteiger partial charge is 0.326 e. The Labute approximate surface area is 237 Å². The number of carbonyl (C=O) groups is 5. The van der Waals surface area contributed by atoms with Crippen molar-refractivity contribution in [3.8, 4) is 0 Å². The zero-order chi connectivity index (χ0) is 29.8. The third-order valence-corrected chi connectivity index (χ3v) is 7.47. The molecule has 0 saturated heterocycles. The number of carboxylic acid groups (broad SMARTS) is 1. The number of aromatic nitrogens is 1. The largest absolute Gasteiger partial charge is 0.480 e. The summed E-state index contributed by atoms with van der Waals surface area (Å²) in [6.45, 7) is 3.76. The second kappa shape index (κ2) is 15.9. The quantitative estimate of drug-likeness (QED) is 0.142. The van der Waals surface area contributed by atoms with Gasteiger partial charge in [0.05, 0.1) is 6.04 Å². The predicted octanol–water partition coefficient (Wildman–Crippen LogP) is 0.641. The molecule has 13 heteroatoms. The number of benzene rings is 1. The number of primary amides is 1. The van der Waals surface area contributed by atoms with E-state index in [0.717, 1.165) is 16.5 Å². The maximum Gasteiger partial charge on any atom is 0.326 e. The van der Waals surface area contributed by atoms with Crippen LogP contribution < -0.4 is 27.4 Å². The Balaban J connectivity index is 2.32. The van der Waals surface area contributed by atoms with Crippen molar-refractivity contribution in [1.82, 2.24) is 20.9 Å². The van der Waals surface area contributed by atoms with Gasteiger partial charge in [-0.05, 0) is 42.4 Å². The van der Waals surface area contributed by atoms with Gasteiger partial charge in [-0.3, -0.25) is 19.2 Å². The molecule has 0 fully saturated rings. The van der Waals surface area contributed by atoms with Crippen LogP contribution in [0.3, 0.4) is 0 Å². The van der Waals surface area contributed by atoms with Crippen LogP contribution in [0.2, 0.25) is 0 Å². The number of nitrogens with one attached hydrogen (secondary N) is 4. The molecule has 0 aliphatic heterocycles. The van der Waals surface area contributed by atoms with Crippen LogP contribution in [0.1, 0.15) is 45.1 Å². The fourth-order valence-corrected chi connectivity index (χ4v) is 4.57. The SMILES string of the molecule is CCC(C)C(N)C(=O)NC(CCSC)C(=O)NC(Cc1c[nH]c2ccccc12)C(=O)NC(CCC(N)=O)C(=O)O. The molecule has 9 N–H and O–H groups in total. The van der Waals surface area contributed by atoms with E-state index in [0.29, 0.717) is 18.6 Å². The molecule has 0 bridgehead atoms. The lowest BCUT2D eigenvalue weighted by Gasteiger charge is -2.26. The summed E-state index contributed by atoms with van der Waals surface area (Å²) < 4.78 is 0. The molecule has 2 aromatic rings. The number of carbonyl (C=O) groups excluding carboxylic acids is 4. The minimum Gasteiger partial charge on any atom is -0.480 e. The van der Waals surface area contributed by atoms with Crippen molar-refractivity contribution >= 4 is 52.3 Å². The average Bonchev–Trinajstić information content (AvgIpc) is 3.33. The number of para-hydroxylation sites is 1. The topological polar surface area (TPSA) is 209 Å². The minimum atomic E-state index is -1.39. The number of aromatic amines is 1. The summed E-state index contributed by atoms with van der Waals surface area (Å²) in [7, 11) is 0. The molecule has 12 nitrogen and oxygen atoms in total. The molecule has 0 aliphatic carbocycles. The molecule has 1 aromatic carbocycles. The van der Waals surface area contributed by atoms with Crippen molar-refractivity contribution < 1.29 is 29.1 Å². The van der Waals surface area contributed by atoms with Crippen LogP contribution in [0.25, 0.3) is 10.9 Å². The Kier molecular flexibility index (Phi) is 12.9. The number of carboxylic acids is 1. The Morgan fingerprint density at radius 2 is 1.60 bits per heavy atom. The number of amides is 4. The van der Waals surface area contributed by atoms with Crippen LogP contribution in [0, 0.1) is 5.92 Å². The number of rotatable bonds is 17. The van der Waals surface area contributed by atoms with E-state index in [1.165, 1.54) is 11.8 Å². The summed E-state index contributed by atoms with van der Waals surface area (Å²) in [5.74, 6) is -3.39. The van der Waals surface area contributed by atoms with Gasteiger partial charge in [0.25, 0.3) is 0 Å². The first-order valence-corrected chi connectivity index (χ1v) is 14.6. The van der Waals surface area contributed by atoms with Crippen molar-refractivity contribution in [3.05, 3.63) is 36.0 Å². The van der Waals surface area contributed by atoms with E-state index in [4.69, 9.17) is 11.5 Å². The highest BCUT2D eigenvalue weighted by molar-refractivity contribution is 7.98. The zero-order valence-electron chi connectivity index (χ0n) is 23.1. The molecule has 0 radical (unpaired) electrons. The van der Waals surface area contributed by atoms with Gasteiger partial charge in [0.15, 0.2) is 0 Å². The molecule has 5 atom stereocenters. The Bertz CT molecular complexity index is 1190. The number of aliphatic carboxylic acids is 1. The standard InChI is InChI=1S/C27H40N6O6S/c1-4-15(2)23(29)26(37)31-19(11-12-40-3)24(35)33-21(13-16-14-30-18-8-6-5-7-17(16)18)25(36)32-20(27(38)39)9-10-22(28)34/h5-8,14-15,19-21,23,30H,4,9-13,29H2,1-3H3,(H2,28,34)(H,31,37)(H,32,36)(H,33,35)(H,38,39). The third-order valence-electron chi connectivity index (χ3n) is 6.83. The second-order valence-electron chi connectivity index (χ2n) is 9.78. The van der Waals surface area contributed by atoms with Gasteiger partial charge in [0, 0.05) is 29.9 Å². The molecule has 1 heterocycles. The van der Waals surface area contributed by atoms with Gasteiger partial charge in [0.1, 0.15) is 18.1 Å². The van der Waals surface area contributed by atoms with Crippen LogP contribution in [0.5, 0.6) is 0 Å². The van der Waals surface area contributed by atoms with Crippen molar-refractivity contribution in [2.75, 3.05) is 12.0 Å². The molecule has 5 unspecified atom stereocenters. The maximum absolute atomic E-state index is 13.4. The normalized spacial score (nSPS) is 14.9. The highest BCUT2D eigenvalue weighted by Gasteiger charge is 2.31. The Hall–Kier alpha value is -3.58. The van der Waals surface area contributed by atoms with Crippen LogP contribution in [-0.4, -0.2) is 75.9 Å². The molecule has 0 spiro atoms. The first-order valence-electron chi connectivity index (χ1n) is 13.2. The summed E-state index contributed by atoms with van der Waals surface area (Å²) in [6.07, 6.45) is 4.16. The second-order valence-corrected chi connectivity index (χ2v) is 10.8. The van der Waals surface area contributed by atoms with Crippen LogP contribution >= 0.6 is 11.8 Å². The van der Waals surface area contributed by atoms with Gasteiger partial charge in [-0.15, -0.1) is 0 Å². The molecule has 1 aromatic heterocycles. The lowest BCUT2D eigenvalue weighted by Crippen LogP contribution is -2.58. The molecule has 220 valence electrons.